The summed E-state index contributed by atoms with van der Waals surface area (Å²) in [4.78, 5) is 13.4. The molecule has 0 N–H and O–H groups in total. The van der Waals surface area contributed by atoms with Crippen molar-refractivity contribution in [3.63, 3.8) is 0 Å². The van der Waals surface area contributed by atoms with Crippen LogP contribution in [0.15, 0.2) is 32.5 Å². The predicted molar refractivity (Wildman–Crippen MR) is 79.1 cm³/mol. The van der Waals surface area contributed by atoms with Gasteiger partial charge in [0.1, 0.15) is 0 Å². The molecule has 1 heterocycles. The fraction of sp³-hybridized carbons (Fsp3) is 0.154. The van der Waals surface area contributed by atoms with Gasteiger partial charge in [0, 0.05) is 20.5 Å². The van der Waals surface area contributed by atoms with Gasteiger partial charge in [-0.3, -0.25) is 4.79 Å². The second-order valence-electron chi connectivity index (χ2n) is 3.83. The van der Waals surface area contributed by atoms with Gasteiger partial charge >= 0.3 is 0 Å². The van der Waals surface area contributed by atoms with Gasteiger partial charge in [-0.2, -0.15) is 0 Å². The van der Waals surface area contributed by atoms with Crippen molar-refractivity contribution in [2.24, 2.45) is 0 Å². The molecule has 0 saturated carbocycles. The Kier molecular flexibility index (Phi) is 3.85. The lowest BCUT2D eigenvalue weighted by molar-refractivity contribution is 0.103. The Morgan fingerprint density at radius 2 is 1.82 bits per heavy atom. The molecular weight excluding hydrogens is 364 g/mol. The summed E-state index contributed by atoms with van der Waals surface area (Å²) in [5.74, 6) is 0.0695. The van der Waals surface area contributed by atoms with Crippen LogP contribution in [-0.4, -0.2) is 5.78 Å². The third kappa shape index (κ3) is 2.69. The van der Waals surface area contributed by atoms with Crippen LogP contribution in [0.3, 0.4) is 0 Å². The lowest BCUT2D eigenvalue weighted by Crippen LogP contribution is -2.02. The summed E-state index contributed by atoms with van der Waals surface area (Å²) in [5.41, 5.74) is 2.58. The maximum Gasteiger partial charge on any atom is 0.195 e. The van der Waals surface area contributed by atoms with E-state index in [1.807, 2.05) is 38.1 Å². The van der Waals surface area contributed by atoms with E-state index in [1.54, 1.807) is 11.3 Å². The summed E-state index contributed by atoms with van der Waals surface area (Å²) < 4.78 is 1.83. The number of benzene rings is 1. The maximum atomic E-state index is 12.4. The van der Waals surface area contributed by atoms with Crippen LogP contribution < -0.4 is 0 Å². The minimum atomic E-state index is 0.0695. The normalized spacial score (nSPS) is 10.6. The van der Waals surface area contributed by atoms with Crippen LogP contribution in [0.1, 0.15) is 26.4 Å². The molecule has 1 aromatic heterocycles. The zero-order valence-corrected chi connectivity index (χ0v) is 13.4. The third-order valence-electron chi connectivity index (χ3n) is 2.50. The molecule has 0 bridgehead atoms. The van der Waals surface area contributed by atoms with Gasteiger partial charge in [-0.05, 0) is 48.0 Å². The third-order valence-corrected chi connectivity index (χ3v) is 4.74. The second kappa shape index (κ2) is 5.04. The van der Waals surface area contributed by atoms with E-state index in [-0.39, 0.29) is 5.78 Å². The van der Waals surface area contributed by atoms with Crippen molar-refractivity contribution in [1.29, 1.82) is 0 Å². The molecule has 0 aliphatic heterocycles. The van der Waals surface area contributed by atoms with E-state index in [0.717, 1.165) is 29.8 Å². The number of thiophene rings is 1. The SMILES string of the molecule is Cc1ccc(Br)c(C(=O)c2cc(Br)sc2C)c1. The predicted octanol–water partition coefficient (Wildman–Crippen LogP) is 5.12. The molecule has 4 heteroatoms. The van der Waals surface area contributed by atoms with E-state index >= 15 is 0 Å². The van der Waals surface area contributed by atoms with Crippen molar-refractivity contribution < 1.29 is 4.79 Å². The van der Waals surface area contributed by atoms with Crippen LogP contribution in [0.2, 0.25) is 0 Å². The van der Waals surface area contributed by atoms with E-state index in [1.165, 1.54) is 0 Å². The Bertz CT molecular complexity index is 587. The van der Waals surface area contributed by atoms with Gasteiger partial charge in [-0.25, -0.2) is 0 Å². The van der Waals surface area contributed by atoms with Crippen molar-refractivity contribution >= 4 is 49.0 Å². The van der Waals surface area contributed by atoms with Crippen molar-refractivity contribution in [3.05, 3.63) is 54.1 Å². The summed E-state index contributed by atoms with van der Waals surface area (Å²) >= 11 is 8.42. The Balaban J connectivity index is 2.50. The van der Waals surface area contributed by atoms with Gasteiger partial charge in [-0.15, -0.1) is 11.3 Å². The zero-order valence-electron chi connectivity index (χ0n) is 9.38. The standard InChI is InChI=1S/C13H10Br2OS/c1-7-3-4-11(14)10(5-7)13(16)9-6-12(15)17-8(9)2/h3-6H,1-2H3. The van der Waals surface area contributed by atoms with E-state index < -0.39 is 0 Å². The number of carbonyl (C=O) groups is 1. The quantitative estimate of drug-likeness (QED) is 0.667. The van der Waals surface area contributed by atoms with E-state index in [4.69, 9.17) is 0 Å². The van der Waals surface area contributed by atoms with Crippen molar-refractivity contribution in [2.45, 2.75) is 13.8 Å². The smallest absolute Gasteiger partial charge is 0.195 e. The van der Waals surface area contributed by atoms with Crippen LogP contribution >= 0.6 is 43.2 Å². The highest BCUT2D eigenvalue weighted by molar-refractivity contribution is 9.11. The molecule has 1 aromatic carbocycles. The van der Waals surface area contributed by atoms with Crippen LogP contribution in [0.4, 0.5) is 0 Å². The number of rotatable bonds is 2. The fourth-order valence-electron chi connectivity index (χ4n) is 1.63. The Hall–Kier alpha value is -0.450. The van der Waals surface area contributed by atoms with Crippen molar-refractivity contribution in [1.82, 2.24) is 0 Å². The average molecular weight is 374 g/mol. The number of hydrogen-bond donors (Lipinski definition) is 0. The average Bonchev–Trinajstić information content (AvgIpc) is 2.60. The molecule has 0 fully saturated rings. The molecule has 0 aliphatic rings. The number of halogens is 2. The maximum absolute atomic E-state index is 12.4. The molecular formula is C13H10Br2OS. The Morgan fingerprint density at radius 1 is 1.12 bits per heavy atom. The number of carbonyl (C=O) groups excluding carboxylic acids is 1. The van der Waals surface area contributed by atoms with Crippen molar-refractivity contribution in [3.8, 4) is 0 Å². The van der Waals surface area contributed by atoms with Gasteiger partial charge in [-0.1, -0.05) is 27.6 Å². The monoisotopic (exact) mass is 372 g/mol. The first kappa shape index (κ1) is 13.0. The summed E-state index contributed by atoms with van der Waals surface area (Å²) in [5, 5.41) is 0. The topological polar surface area (TPSA) is 17.1 Å². The van der Waals surface area contributed by atoms with Gasteiger partial charge in [0.25, 0.3) is 0 Å². The first-order valence-electron chi connectivity index (χ1n) is 5.06. The molecule has 0 amide bonds. The fourth-order valence-corrected chi connectivity index (χ4v) is 3.74. The Labute approximate surface area is 121 Å². The molecule has 0 saturated heterocycles. The van der Waals surface area contributed by atoms with Crippen LogP contribution in [0, 0.1) is 13.8 Å². The van der Waals surface area contributed by atoms with E-state index in [9.17, 15) is 4.79 Å². The summed E-state index contributed by atoms with van der Waals surface area (Å²) in [6.45, 7) is 3.95. The molecule has 0 spiro atoms. The highest BCUT2D eigenvalue weighted by Gasteiger charge is 2.17. The van der Waals surface area contributed by atoms with Gasteiger partial charge in [0.15, 0.2) is 5.78 Å². The summed E-state index contributed by atoms with van der Waals surface area (Å²) in [7, 11) is 0. The van der Waals surface area contributed by atoms with Crippen LogP contribution in [0.25, 0.3) is 0 Å². The van der Waals surface area contributed by atoms with Gasteiger partial charge < -0.3 is 0 Å². The molecule has 88 valence electrons. The molecule has 17 heavy (non-hydrogen) atoms. The second-order valence-corrected chi connectivity index (χ2v) is 7.32. The lowest BCUT2D eigenvalue weighted by Gasteiger charge is -2.04. The minimum absolute atomic E-state index is 0.0695. The van der Waals surface area contributed by atoms with E-state index in [0.29, 0.717) is 0 Å². The first-order valence-corrected chi connectivity index (χ1v) is 7.46. The molecule has 0 radical (unpaired) electrons. The highest BCUT2D eigenvalue weighted by atomic mass is 79.9. The molecule has 0 atom stereocenters. The number of aryl methyl sites for hydroxylation is 2. The van der Waals surface area contributed by atoms with Gasteiger partial charge in [0.2, 0.25) is 0 Å². The van der Waals surface area contributed by atoms with Gasteiger partial charge in [0.05, 0.1) is 3.79 Å². The molecule has 0 aliphatic carbocycles. The van der Waals surface area contributed by atoms with Crippen molar-refractivity contribution in [2.75, 3.05) is 0 Å². The minimum Gasteiger partial charge on any atom is -0.289 e. The largest absolute Gasteiger partial charge is 0.289 e. The number of ketones is 1. The molecule has 2 rings (SSSR count). The molecule has 2 aromatic rings. The summed E-state index contributed by atoms with van der Waals surface area (Å²) in [6.07, 6.45) is 0. The molecule has 1 nitrogen and oxygen atoms in total. The summed E-state index contributed by atoms with van der Waals surface area (Å²) in [6, 6.07) is 7.70. The van der Waals surface area contributed by atoms with Crippen LogP contribution in [0.5, 0.6) is 0 Å². The first-order chi connectivity index (χ1) is 7.99. The molecule has 0 unspecified atom stereocenters. The highest BCUT2D eigenvalue weighted by Crippen LogP contribution is 2.30. The Morgan fingerprint density at radius 3 is 2.41 bits per heavy atom. The van der Waals surface area contributed by atoms with Crippen LogP contribution in [-0.2, 0) is 0 Å². The van der Waals surface area contributed by atoms with E-state index in [2.05, 4.69) is 31.9 Å². The zero-order chi connectivity index (χ0) is 12.6. The number of hydrogen-bond acceptors (Lipinski definition) is 2. The lowest BCUT2D eigenvalue weighted by atomic mass is 10.0.